The second kappa shape index (κ2) is 5.89. The Bertz CT molecular complexity index is 628. The van der Waals surface area contributed by atoms with E-state index in [-0.39, 0.29) is 0 Å². The molecular weight excluding hydrogens is 306 g/mol. The van der Waals surface area contributed by atoms with Gasteiger partial charge in [0.15, 0.2) is 0 Å². The maximum Gasteiger partial charge on any atom is 0.141 e. The second-order valence-corrected chi connectivity index (χ2v) is 4.78. The molecule has 2 aromatic rings. The summed E-state index contributed by atoms with van der Waals surface area (Å²) in [4.78, 5) is 4.51. The van der Waals surface area contributed by atoms with E-state index in [0.717, 1.165) is 27.4 Å². The molecule has 0 fully saturated rings. The summed E-state index contributed by atoms with van der Waals surface area (Å²) in [6.07, 6.45) is 0.291. The minimum Gasteiger partial charge on any atom is -0.494 e. The van der Waals surface area contributed by atoms with Crippen LogP contribution in [-0.4, -0.2) is 16.2 Å². The predicted molar refractivity (Wildman–Crippen MR) is 76.8 cm³/mol. The number of nitrogens with zero attached hydrogens (tertiary/aromatic N) is 3. The normalized spacial score (nSPS) is 10.2. The molecule has 0 N–H and O–H groups in total. The van der Waals surface area contributed by atoms with Crippen LogP contribution in [0.4, 0.5) is 0 Å². The van der Waals surface area contributed by atoms with Crippen molar-refractivity contribution in [2.24, 2.45) is 7.05 Å². The quantitative estimate of drug-likeness (QED) is 0.868. The number of benzene rings is 1. The summed E-state index contributed by atoms with van der Waals surface area (Å²) >= 11 is 3.47. The van der Waals surface area contributed by atoms with Crippen LogP contribution < -0.4 is 4.74 Å². The zero-order chi connectivity index (χ0) is 13.8. The first-order chi connectivity index (χ1) is 9.17. The van der Waals surface area contributed by atoms with Gasteiger partial charge in [0.1, 0.15) is 16.2 Å². The molecule has 0 aliphatic carbocycles. The molecule has 0 saturated carbocycles. The van der Waals surface area contributed by atoms with Crippen LogP contribution in [0.15, 0.2) is 28.9 Å². The van der Waals surface area contributed by atoms with Gasteiger partial charge in [-0.05, 0) is 35.0 Å². The van der Waals surface area contributed by atoms with Crippen molar-refractivity contribution in [3.63, 3.8) is 0 Å². The topological polar surface area (TPSA) is 50.8 Å². The van der Waals surface area contributed by atoms with Gasteiger partial charge in [0.2, 0.25) is 0 Å². The lowest BCUT2D eigenvalue weighted by molar-refractivity contribution is 0.340. The van der Waals surface area contributed by atoms with Gasteiger partial charge in [-0.15, -0.1) is 0 Å². The molecule has 98 valence electrons. The van der Waals surface area contributed by atoms with Crippen LogP contribution in [0.25, 0.3) is 11.4 Å². The number of hydrogen-bond donors (Lipinski definition) is 0. The highest BCUT2D eigenvalue weighted by Gasteiger charge is 2.14. The highest BCUT2D eigenvalue weighted by molar-refractivity contribution is 9.10. The van der Waals surface area contributed by atoms with Gasteiger partial charge in [0.25, 0.3) is 0 Å². The Hall–Kier alpha value is -1.80. The van der Waals surface area contributed by atoms with E-state index in [4.69, 9.17) is 10.00 Å². The Morgan fingerprint density at radius 3 is 2.95 bits per heavy atom. The molecule has 1 heterocycles. The average molecular weight is 320 g/mol. The molecule has 0 amide bonds. The van der Waals surface area contributed by atoms with E-state index in [1.807, 2.05) is 42.8 Å². The summed E-state index contributed by atoms with van der Waals surface area (Å²) < 4.78 is 8.26. The molecule has 4 nitrogen and oxygen atoms in total. The molecule has 0 radical (unpaired) electrons. The maximum atomic E-state index is 8.79. The van der Waals surface area contributed by atoms with Gasteiger partial charge >= 0.3 is 0 Å². The van der Waals surface area contributed by atoms with Crippen LogP contribution in [0.2, 0.25) is 0 Å². The van der Waals surface area contributed by atoms with Gasteiger partial charge in [0.05, 0.1) is 24.8 Å². The molecule has 5 heteroatoms. The van der Waals surface area contributed by atoms with Gasteiger partial charge in [-0.2, -0.15) is 5.26 Å². The first-order valence-corrected chi connectivity index (χ1v) is 6.78. The SMILES string of the molecule is CCOc1cccc(-c2nc(CC#N)c(Br)n2C)c1. The average Bonchev–Trinajstić information content (AvgIpc) is 2.69. The van der Waals surface area contributed by atoms with E-state index >= 15 is 0 Å². The molecule has 1 aromatic carbocycles. The summed E-state index contributed by atoms with van der Waals surface area (Å²) in [5, 5.41) is 8.79. The Labute approximate surface area is 120 Å². The van der Waals surface area contributed by atoms with Crippen molar-refractivity contribution in [2.75, 3.05) is 6.61 Å². The van der Waals surface area contributed by atoms with Crippen LogP contribution in [0.3, 0.4) is 0 Å². The standard InChI is InChI=1S/C14H14BrN3O/c1-3-19-11-6-4-5-10(9-11)14-17-12(7-8-16)13(15)18(14)2/h4-6,9H,3,7H2,1-2H3. The molecule has 19 heavy (non-hydrogen) atoms. The van der Waals surface area contributed by atoms with E-state index in [1.165, 1.54) is 0 Å². The van der Waals surface area contributed by atoms with Crippen molar-refractivity contribution >= 4 is 15.9 Å². The predicted octanol–water partition coefficient (Wildman–Crippen LogP) is 3.31. The smallest absolute Gasteiger partial charge is 0.141 e. The Morgan fingerprint density at radius 2 is 2.26 bits per heavy atom. The Balaban J connectivity index is 2.44. The van der Waals surface area contributed by atoms with Crippen LogP contribution in [0.5, 0.6) is 5.75 Å². The molecule has 0 bridgehead atoms. The summed E-state index contributed by atoms with van der Waals surface area (Å²) in [6, 6.07) is 9.91. The summed E-state index contributed by atoms with van der Waals surface area (Å²) in [5.74, 6) is 1.64. The minimum absolute atomic E-state index is 0.291. The molecule has 0 saturated heterocycles. The number of nitriles is 1. The van der Waals surface area contributed by atoms with Crippen LogP contribution in [0, 0.1) is 11.3 Å². The molecule has 2 rings (SSSR count). The second-order valence-electron chi connectivity index (χ2n) is 4.03. The Kier molecular flexibility index (Phi) is 4.23. The maximum absolute atomic E-state index is 8.79. The van der Waals surface area contributed by atoms with Crippen LogP contribution in [-0.2, 0) is 13.5 Å². The van der Waals surface area contributed by atoms with E-state index in [2.05, 4.69) is 27.0 Å². The van der Waals surface area contributed by atoms with Crippen molar-refractivity contribution in [3.8, 4) is 23.2 Å². The van der Waals surface area contributed by atoms with Crippen LogP contribution >= 0.6 is 15.9 Å². The zero-order valence-electron chi connectivity index (χ0n) is 10.9. The van der Waals surface area contributed by atoms with Crippen molar-refractivity contribution in [2.45, 2.75) is 13.3 Å². The van der Waals surface area contributed by atoms with Crippen LogP contribution in [0.1, 0.15) is 12.6 Å². The molecule has 0 atom stereocenters. The number of rotatable bonds is 4. The monoisotopic (exact) mass is 319 g/mol. The van der Waals surface area contributed by atoms with E-state index in [1.54, 1.807) is 0 Å². The van der Waals surface area contributed by atoms with Gasteiger partial charge in [0, 0.05) is 12.6 Å². The number of aromatic nitrogens is 2. The molecule has 0 aliphatic rings. The molecular formula is C14H14BrN3O. The molecule has 0 aliphatic heterocycles. The highest BCUT2D eigenvalue weighted by Crippen LogP contribution is 2.27. The number of hydrogen-bond acceptors (Lipinski definition) is 3. The highest BCUT2D eigenvalue weighted by atomic mass is 79.9. The number of ether oxygens (including phenoxy) is 1. The van der Waals surface area contributed by atoms with Crippen molar-refractivity contribution in [3.05, 3.63) is 34.6 Å². The van der Waals surface area contributed by atoms with Crippen molar-refractivity contribution in [1.82, 2.24) is 9.55 Å². The third kappa shape index (κ3) is 2.79. The van der Waals surface area contributed by atoms with E-state index in [9.17, 15) is 0 Å². The zero-order valence-corrected chi connectivity index (χ0v) is 12.4. The first-order valence-electron chi connectivity index (χ1n) is 5.98. The fourth-order valence-corrected chi connectivity index (χ4v) is 2.27. The molecule has 0 unspecified atom stereocenters. The lowest BCUT2D eigenvalue weighted by Gasteiger charge is -2.06. The third-order valence-electron chi connectivity index (χ3n) is 2.74. The summed E-state index contributed by atoms with van der Waals surface area (Å²) in [7, 11) is 1.92. The minimum atomic E-state index is 0.291. The van der Waals surface area contributed by atoms with Gasteiger partial charge < -0.3 is 9.30 Å². The van der Waals surface area contributed by atoms with Gasteiger partial charge in [-0.1, -0.05) is 12.1 Å². The summed E-state index contributed by atoms with van der Waals surface area (Å²) in [5.41, 5.74) is 1.72. The van der Waals surface area contributed by atoms with Gasteiger partial charge in [-0.3, -0.25) is 0 Å². The van der Waals surface area contributed by atoms with E-state index in [0.29, 0.717) is 13.0 Å². The first kappa shape index (κ1) is 13.6. The van der Waals surface area contributed by atoms with Crippen molar-refractivity contribution in [1.29, 1.82) is 5.26 Å². The molecule has 0 spiro atoms. The molecule has 1 aromatic heterocycles. The lowest BCUT2D eigenvalue weighted by Crippen LogP contribution is -1.95. The van der Waals surface area contributed by atoms with Crippen molar-refractivity contribution < 1.29 is 4.74 Å². The van der Waals surface area contributed by atoms with E-state index < -0.39 is 0 Å². The number of imidazole rings is 1. The lowest BCUT2D eigenvalue weighted by atomic mass is 10.2. The fourth-order valence-electron chi connectivity index (χ4n) is 1.87. The fraction of sp³-hybridized carbons (Fsp3) is 0.286. The third-order valence-corrected chi connectivity index (χ3v) is 3.73. The number of halogens is 1. The largest absolute Gasteiger partial charge is 0.494 e. The Morgan fingerprint density at radius 1 is 1.47 bits per heavy atom. The summed E-state index contributed by atoms with van der Waals surface area (Å²) in [6.45, 7) is 2.59. The van der Waals surface area contributed by atoms with Gasteiger partial charge in [-0.25, -0.2) is 4.98 Å².